The van der Waals surface area contributed by atoms with E-state index in [4.69, 9.17) is 10.2 Å². The minimum atomic E-state index is -0.628. The van der Waals surface area contributed by atoms with Crippen molar-refractivity contribution in [3.63, 3.8) is 0 Å². The summed E-state index contributed by atoms with van der Waals surface area (Å²) in [7, 11) is 0. The summed E-state index contributed by atoms with van der Waals surface area (Å²) in [6.07, 6.45) is 8.10. The third-order valence-corrected chi connectivity index (χ3v) is 9.44. The summed E-state index contributed by atoms with van der Waals surface area (Å²) in [6.45, 7) is 6.11. The number of nitrogens with zero attached hydrogens (tertiary/aromatic N) is 1. The van der Waals surface area contributed by atoms with Gasteiger partial charge >= 0.3 is 6.03 Å². The van der Waals surface area contributed by atoms with Gasteiger partial charge in [0.25, 0.3) is 0 Å². The van der Waals surface area contributed by atoms with Gasteiger partial charge in [0.05, 0.1) is 24.9 Å². The van der Waals surface area contributed by atoms with Crippen LogP contribution in [-0.4, -0.2) is 64.9 Å². The van der Waals surface area contributed by atoms with Gasteiger partial charge in [-0.15, -0.1) is 0 Å². The van der Waals surface area contributed by atoms with Gasteiger partial charge in [0, 0.05) is 18.0 Å². The fourth-order valence-corrected chi connectivity index (χ4v) is 8.82. The Bertz CT molecular complexity index is 1040. The standard InChI is InChI=1S/C29H43FN4O4/c1-27-10-20-11-28(2,16-27)18-29(12-20,17-27)33-26(38)32-24-4-3-19(9-23(24)30)13-34-7-5-21(6-8-34)25(37)31-22(14-35)15-36/h3-4,9,20-22,35-36H,5-8,10-18H2,1-2H3,(H,31,37)(H2,32,33,38). The molecule has 4 aliphatic carbocycles. The second-order valence-corrected chi connectivity index (χ2v) is 13.4. The number of likely N-dealkylation sites (tertiary alicyclic amines) is 1. The van der Waals surface area contributed by atoms with Crippen molar-refractivity contribution in [1.29, 1.82) is 0 Å². The molecule has 1 saturated heterocycles. The van der Waals surface area contributed by atoms with E-state index in [0.717, 1.165) is 24.8 Å². The first-order valence-electron chi connectivity index (χ1n) is 14.1. The Morgan fingerprint density at radius 1 is 1.05 bits per heavy atom. The number of aliphatic hydroxyl groups is 2. The maximum Gasteiger partial charge on any atom is 0.319 e. The van der Waals surface area contributed by atoms with Crippen LogP contribution < -0.4 is 16.0 Å². The molecule has 5 aliphatic rings. The summed E-state index contributed by atoms with van der Waals surface area (Å²) in [4.78, 5) is 27.5. The number of rotatable bonds is 8. The molecule has 1 aromatic rings. The fraction of sp³-hybridized carbons (Fsp3) is 0.724. The van der Waals surface area contributed by atoms with Crippen LogP contribution in [0.5, 0.6) is 0 Å². The van der Waals surface area contributed by atoms with Crippen LogP contribution in [0.3, 0.4) is 0 Å². The fourth-order valence-electron chi connectivity index (χ4n) is 8.82. The second-order valence-electron chi connectivity index (χ2n) is 13.4. The Labute approximate surface area is 224 Å². The van der Waals surface area contributed by atoms with Crippen LogP contribution in [0.25, 0.3) is 0 Å². The largest absolute Gasteiger partial charge is 0.394 e. The van der Waals surface area contributed by atoms with E-state index in [-0.39, 0.29) is 53.1 Å². The van der Waals surface area contributed by atoms with E-state index in [9.17, 15) is 14.0 Å². The molecule has 6 rings (SSSR count). The zero-order valence-electron chi connectivity index (χ0n) is 22.7. The van der Waals surface area contributed by atoms with Crippen molar-refractivity contribution >= 4 is 17.6 Å². The van der Waals surface area contributed by atoms with Crippen LogP contribution in [0.15, 0.2) is 18.2 Å². The van der Waals surface area contributed by atoms with Crippen LogP contribution in [0.2, 0.25) is 0 Å². The summed E-state index contributed by atoms with van der Waals surface area (Å²) >= 11 is 0. The quantitative estimate of drug-likeness (QED) is 0.354. The highest BCUT2D eigenvalue weighted by molar-refractivity contribution is 5.90. The SMILES string of the molecule is CC12CC3CC(C)(C1)CC(NC(=O)Nc1ccc(CN4CCC(C(=O)NC(CO)CO)CC4)cc1F)(C3)C2. The summed E-state index contributed by atoms with van der Waals surface area (Å²) in [5.41, 5.74) is 1.38. The van der Waals surface area contributed by atoms with Crippen molar-refractivity contribution in [2.75, 3.05) is 31.6 Å². The number of halogens is 1. The molecule has 5 N–H and O–H groups in total. The van der Waals surface area contributed by atoms with Crippen LogP contribution >= 0.6 is 0 Å². The third kappa shape index (κ3) is 5.84. The highest BCUT2D eigenvalue weighted by atomic mass is 19.1. The van der Waals surface area contributed by atoms with E-state index in [0.29, 0.717) is 38.4 Å². The van der Waals surface area contributed by atoms with Crippen LogP contribution in [0, 0.1) is 28.5 Å². The average molecular weight is 531 g/mol. The molecule has 9 heteroatoms. The molecular weight excluding hydrogens is 487 g/mol. The predicted octanol–water partition coefficient (Wildman–Crippen LogP) is 3.38. The van der Waals surface area contributed by atoms with Crippen molar-refractivity contribution in [1.82, 2.24) is 15.5 Å². The predicted molar refractivity (Wildman–Crippen MR) is 143 cm³/mol. The van der Waals surface area contributed by atoms with Gasteiger partial charge in [0.1, 0.15) is 5.82 Å². The van der Waals surface area contributed by atoms with E-state index in [1.165, 1.54) is 25.3 Å². The number of benzene rings is 1. The zero-order valence-corrected chi connectivity index (χ0v) is 22.7. The monoisotopic (exact) mass is 530 g/mol. The minimum absolute atomic E-state index is 0.144. The number of carbonyl (C=O) groups is 2. The van der Waals surface area contributed by atoms with E-state index in [2.05, 4.69) is 34.7 Å². The first-order valence-corrected chi connectivity index (χ1v) is 14.1. The Balaban J connectivity index is 1.12. The first-order chi connectivity index (χ1) is 18.0. The molecule has 1 aliphatic heterocycles. The molecule has 38 heavy (non-hydrogen) atoms. The number of amides is 3. The van der Waals surface area contributed by atoms with Crippen LogP contribution in [0.1, 0.15) is 70.8 Å². The van der Waals surface area contributed by atoms with Crippen LogP contribution in [0.4, 0.5) is 14.9 Å². The molecule has 1 heterocycles. The molecule has 2 atom stereocenters. The smallest absolute Gasteiger partial charge is 0.319 e. The summed E-state index contributed by atoms with van der Waals surface area (Å²) in [5, 5.41) is 27.1. The van der Waals surface area contributed by atoms with Gasteiger partial charge in [-0.3, -0.25) is 9.69 Å². The Morgan fingerprint density at radius 3 is 2.29 bits per heavy atom. The summed E-state index contributed by atoms with van der Waals surface area (Å²) < 4.78 is 15.0. The van der Waals surface area contributed by atoms with E-state index in [1.807, 2.05) is 6.07 Å². The second kappa shape index (κ2) is 10.4. The van der Waals surface area contributed by atoms with Crippen molar-refractivity contribution in [2.45, 2.75) is 83.3 Å². The summed E-state index contributed by atoms with van der Waals surface area (Å²) in [5.74, 6) is -0.0903. The number of hydrogen-bond acceptors (Lipinski definition) is 5. The number of urea groups is 1. The van der Waals surface area contributed by atoms with Crippen molar-refractivity contribution in [2.24, 2.45) is 22.7 Å². The third-order valence-electron chi connectivity index (χ3n) is 9.44. The number of carbonyl (C=O) groups excluding carboxylic acids is 2. The first kappa shape index (κ1) is 27.3. The highest BCUT2D eigenvalue weighted by Gasteiger charge is 2.60. The average Bonchev–Trinajstić information content (AvgIpc) is 2.82. The van der Waals surface area contributed by atoms with Crippen molar-refractivity contribution in [3.8, 4) is 0 Å². The molecule has 4 bridgehead atoms. The molecule has 4 saturated carbocycles. The molecule has 8 nitrogen and oxygen atoms in total. The Kier molecular flexibility index (Phi) is 7.48. The molecular formula is C29H43FN4O4. The van der Waals surface area contributed by atoms with Crippen molar-refractivity contribution < 1.29 is 24.2 Å². The molecule has 0 radical (unpaired) electrons. The number of hydrogen-bond donors (Lipinski definition) is 5. The minimum Gasteiger partial charge on any atom is -0.394 e. The maximum atomic E-state index is 15.0. The van der Waals surface area contributed by atoms with Crippen molar-refractivity contribution in [3.05, 3.63) is 29.6 Å². The van der Waals surface area contributed by atoms with Crippen LogP contribution in [-0.2, 0) is 11.3 Å². The van der Waals surface area contributed by atoms with Gasteiger partial charge in [0.15, 0.2) is 0 Å². The molecule has 0 aromatic heterocycles. The van der Waals surface area contributed by atoms with Gasteiger partial charge in [-0.05, 0) is 98.9 Å². The van der Waals surface area contributed by atoms with Gasteiger partial charge < -0.3 is 26.2 Å². The van der Waals surface area contributed by atoms with Gasteiger partial charge in [-0.25, -0.2) is 9.18 Å². The van der Waals surface area contributed by atoms with Gasteiger partial charge in [0.2, 0.25) is 5.91 Å². The lowest BCUT2D eigenvalue weighted by Crippen LogP contribution is -2.65. The van der Waals surface area contributed by atoms with E-state index in [1.54, 1.807) is 6.07 Å². The summed E-state index contributed by atoms with van der Waals surface area (Å²) in [6, 6.07) is 4.01. The van der Waals surface area contributed by atoms with Gasteiger partial charge in [-0.1, -0.05) is 19.9 Å². The normalized spacial score (nSPS) is 32.9. The number of anilines is 1. The Morgan fingerprint density at radius 2 is 1.71 bits per heavy atom. The van der Waals surface area contributed by atoms with E-state index < -0.39 is 11.9 Å². The molecule has 210 valence electrons. The molecule has 2 unspecified atom stereocenters. The Hall–Kier alpha value is -2.23. The maximum absolute atomic E-state index is 15.0. The lowest BCUT2D eigenvalue weighted by atomic mass is 9.43. The molecule has 1 aromatic carbocycles. The van der Waals surface area contributed by atoms with E-state index >= 15 is 0 Å². The van der Waals surface area contributed by atoms with Gasteiger partial charge in [-0.2, -0.15) is 0 Å². The number of piperidine rings is 1. The zero-order chi connectivity index (χ0) is 27.1. The topological polar surface area (TPSA) is 114 Å². The number of nitrogens with one attached hydrogen (secondary N) is 3. The molecule has 0 spiro atoms. The molecule has 5 fully saturated rings. The highest BCUT2D eigenvalue weighted by Crippen LogP contribution is 2.66. The number of aliphatic hydroxyl groups excluding tert-OH is 2. The lowest BCUT2D eigenvalue weighted by molar-refractivity contribution is -0.127. The molecule has 3 amide bonds. The lowest BCUT2D eigenvalue weighted by Gasteiger charge is -2.65.